The number of morpholine rings is 1. The molecule has 1 unspecified atom stereocenters. The van der Waals surface area contributed by atoms with Gasteiger partial charge in [-0.2, -0.15) is 0 Å². The zero-order chi connectivity index (χ0) is 12.3. The molecule has 0 bridgehead atoms. The predicted molar refractivity (Wildman–Crippen MR) is 67.2 cm³/mol. The third-order valence-corrected chi connectivity index (χ3v) is 2.94. The summed E-state index contributed by atoms with van der Waals surface area (Å²) < 4.78 is 5.30. The highest BCUT2D eigenvalue weighted by molar-refractivity contribution is 5.96. The number of hydrogen-bond acceptors (Lipinski definition) is 3. The Morgan fingerprint density at radius 2 is 2.35 bits per heavy atom. The third kappa shape index (κ3) is 2.84. The minimum atomic E-state index is -0.228. The molecule has 1 aliphatic rings. The van der Waals surface area contributed by atoms with E-state index in [4.69, 9.17) is 4.74 Å². The van der Waals surface area contributed by atoms with Crippen molar-refractivity contribution in [2.45, 2.75) is 13.0 Å². The van der Waals surface area contributed by atoms with Crippen molar-refractivity contribution in [3.05, 3.63) is 29.8 Å². The number of hydrogen-bond donors (Lipinski definition) is 1. The zero-order valence-electron chi connectivity index (χ0n) is 10.3. The van der Waals surface area contributed by atoms with Crippen LogP contribution in [0.25, 0.3) is 0 Å². The first-order valence-corrected chi connectivity index (χ1v) is 5.84. The van der Waals surface area contributed by atoms with Gasteiger partial charge in [-0.05, 0) is 24.6 Å². The molecule has 0 aromatic heterocycles. The SMILES string of the molecule is Cc1cccc(N(C)C(=O)C2COCCN2)c1. The van der Waals surface area contributed by atoms with E-state index in [9.17, 15) is 4.79 Å². The molecular formula is C13H18N2O2. The van der Waals surface area contributed by atoms with Crippen LogP contribution in [-0.4, -0.2) is 38.8 Å². The van der Waals surface area contributed by atoms with Crippen LogP contribution in [0.15, 0.2) is 24.3 Å². The van der Waals surface area contributed by atoms with Gasteiger partial charge in [0.1, 0.15) is 6.04 Å². The second kappa shape index (κ2) is 5.29. The maximum atomic E-state index is 12.2. The van der Waals surface area contributed by atoms with Crippen molar-refractivity contribution in [2.24, 2.45) is 0 Å². The van der Waals surface area contributed by atoms with Gasteiger partial charge in [0.05, 0.1) is 13.2 Å². The van der Waals surface area contributed by atoms with Gasteiger partial charge >= 0.3 is 0 Å². The van der Waals surface area contributed by atoms with Crippen molar-refractivity contribution in [2.75, 3.05) is 31.7 Å². The molecule has 1 heterocycles. The lowest BCUT2D eigenvalue weighted by Gasteiger charge is -2.27. The predicted octanol–water partition coefficient (Wildman–Crippen LogP) is 0.946. The number of benzene rings is 1. The van der Waals surface area contributed by atoms with Crippen molar-refractivity contribution >= 4 is 11.6 Å². The number of ether oxygens (including phenoxy) is 1. The number of likely N-dealkylation sites (N-methyl/N-ethyl adjacent to an activating group) is 1. The molecule has 4 nitrogen and oxygen atoms in total. The second-order valence-corrected chi connectivity index (χ2v) is 4.32. The lowest BCUT2D eigenvalue weighted by molar-refractivity contribution is -0.123. The molecule has 1 N–H and O–H groups in total. The fraction of sp³-hybridized carbons (Fsp3) is 0.462. The Morgan fingerprint density at radius 1 is 1.53 bits per heavy atom. The fourth-order valence-corrected chi connectivity index (χ4v) is 1.92. The normalized spacial score (nSPS) is 20.0. The fourth-order valence-electron chi connectivity index (χ4n) is 1.92. The Kier molecular flexibility index (Phi) is 3.76. The summed E-state index contributed by atoms with van der Waals surface area (Å²) in [6, 6.07) is 7.69. The van der Waals surface area contributed by atoms with E-state index in [1.807, 2.05) is 31.2 Å². The van der Waals surface area contributed by atoms with Crippen molar-refractivity contribution in [3.8, 4) is 0 Å². The maximum absolute atomic E-state index is 12.2. The van der Waals surface area contributed by atoms with Gasteiger partial charge in [-0.15, -0.1) is 0 Å². The summed E-state index contributed by atoms with van der Waals surface area (Å²) in [6.07, 6.45) is 0. The number of carbonyl (C=O) groups is 1. The number of carbonyl (C=O) groups excluding carboxylic acids is 1. The van der Waals surface area contributed by atoms with Crippen LogP contribution in [0.1, 0.15) is 5.56 Å². The quantitative estimate of drug-likeness (QED) is 0.828. The van der Waals surface area contributed by atoms with Gasteiger partial charge in [0, 0.05) is 19.3 Å². The summed E-state index contributed by atoms with van der Waals surface area (Å²) in [4.78, 5) is 13.9. The smallest absolute Gasteiger partial charge is 0.246 e. The Balaban J connectivity index is 2.08. The summed E-state index contributed by atoms with van der Waals surface area (Å²) >= 11 is 0. The zero-order valence-corrected chi connectivity index (χ0v) is 10.3. The molecule has 1 aromatic carbocycles. The first-order chi connectivity index (χ1) is 8.18. The largest absolute Gasteiger partial charge is 0.378 e. The van der Waals surface area contributed by atoms with E-state index in [0.717, 1.165) is 17.8 Å². The summed E-state index contributed by atoms with van der Waals surface area (Å²) in [7, 11) is 1.80. The van der Waals surface area contributed by atoms with Crippen LogP contribution >= 0.6 is 0 Å². The molecule has 1 aliphatic heterocycles. The molecule has 0 radical (unpaired) electrons. The average Bonchev–Trinajstić information content (AvgIpc) is 2.38. The van der Waals surface area contributed by atoms with Crippen LogP contribution in [0.2, 0.25) is 0 Å². The van der Waals surface area contributed by atoms with E-state index < -0.39 is 0 Å². The van der Waals surface area contributed by atoms with Crippen LogP contribution in [-0.2, 0) is 9.53 Å². The summed E-state index contributed by atoms with van der Waals surface area (Å²) in [5.41, 5.74) is 2.07. The van der Waals surface area contributed by atoms with Gasteiger partial charge in [-0.3, -0.25) is 4.79 Å². The Labute approximate surface area is 102 Å². The van der Waals surface area contributed by atoms with Gasteiger partial charge in [0.25, 0.3) is 0 Å². The van der Waals surface area contributed by atoms with Crippen molar-refractivity contribution in [1.29, 1.82) is 0 Å². The molecule has 1 amide bonds. The molecule has 17 heavy (non-hydrogen) atoms. The highest BCUT2D eigenvalue weighted by Crippen LogP contribution is 2.15. The minimum absolute atomic E-state index is 0.0512. The number of amides is 1. The topological polar surface area (TPSA) is 41.6 Å². The maximum Gasteiger partial charge on any atom is 0.246 e. The van der Waals surface area contributed by atoms with Gasteiger partial charge in [0.2, 0.25) is 5.91 Å². The monoisotopic (exact) mass is 234 g/mol. The summed E-state index contributed by atoms with van der Waals surface area (Å²) in [5, 5.41) is 3.17. The number of rotatable bonds is 2. The molecule has 0 saturated carbocycles. The molecule has 1 atom stereocenters. The van der Waals surface area contributed by atoms with Crippen molar-refractivity contribution in [3.63, 3.8) is 0 Å². The Bertz CT molecular complexity index is 400. The lowest BCUT2D eigenvalue weighted by atomic mass is 10.2. The molecule has 0 spiro atoms. The van der Waals surface area contributed by atoms with Crippen LogP contribution in [0.3, 0.4) is 0 Å². The highest BCUT2D eigenvalue weighted by atomic mass is 16.5. The molecule has 4 heteroatoms. The number of nitrogens with zero attached hydrogens (tertiary/aromatic N) is 1. The minimum Gasteiger partial charge on any atom is -0.378 e. The average molecular weight is 234 g/mol. The Hall–Kier alpha value is -1.39. The van der Waals surface area contributed by atoms with Gasteiger partial charge in [-0.1, -0.05) is 12.1 Å². The van der Waals surface area contributed by atoms with E-state index in [2.05, 4.69) is 5.32 Å². The van der Waals surface area contributed by atoms with Crippen LogP contribution in [0.5, 0.6) is 0 Å². The first-order valence-electron chi connectivity index (χ1n) is 5.84. The standard InChI is InChI=1S/C13H18N2O2/c1-10-4-3-5-11(8-10)15(2)13(16)12-9-17-7-6-14-12/h3-5,8,12,14H,6-7,9H2,1-2H3. The molecule has 1 aromatic rings. The van der Waals surface area contributed by atoms with Crippen LogP contribution in [0, 0.1) is 6.92 Å². The molecule has 2 rings (SSSR count). The van der Waals surface area contributed by atoms with Gasteiger partial charge < -0.3 is 15.0 Å². The van der Waals surface area contributed by atoms with E-state index >= 15 is 0 Å². The van der Waals surface area contributed by atoms with E-state index in [-0.39, 0.29) is 11.9 Å². The molecule has 92 valence electrons. The third-order valence-electron chi connectivity index (χ3n) is 2.94. The lowest BCUT2D eigenvalue weighted by Crippen LogP contribution is -2.51. The van der Waals surface area contributed by atoms with Crippen LogP contribution in [0.4, 0.5) is 5.69 Å². The van der Waals surface area contributed by atoms with Gasteiger partial charge in [0.15, 0.2) is 0 Å². The second-order valence-electron chi connectivity index (χ2n) is 4.32. The van der Waals surface area contributed by atoms with E-state index in [1.54, 1.807) is 11.9 Å². The Morgan fingerprint density at radius 3 is 3.00 bits per heavy atom. The number of anilines is 1. The summed E-state index contributed by atoms with van der Waals surface area (Å²) in [6.45, 7) is 3.88. The van der Waals surface area contributed by atoms with E-state index in [1.165, 1.54) is 0 Å². The molecule has 0 aliphatic carbocycles. The molecular weight excluding hydrogens is 216 g/mol. The highest BCUT2D eigenvalue weighted by Gasteiger charge is 2.24. The molecule has 1 fully saturated rings. The van der Waals surface area contributed by atoms with Crippen molar-refractivity contribution < 1.29 is 9.53 Å². The number of aryl methyl sites for hydroxylation is 1. The van der Waals surface area contributed by atoms with E-state index in [0.29, 0.717) is 13.2 Å². The van der Waals surface area contributed by atoms with Gasteiger partial charge in [-0.25, -0.2) is 0 Å². The molecule has 1 saturated heterocycles. The summed E-state index contributed by atoms with van der Waals surface area (Å²) in [5.74, 6) is 0.0512. The van der Waals surface area contributed by atoms with Crippen LogP contribution < -0.4 is 10.2 Å². The number of nitrogens with one attached hydrogen (secondary N) is 1. The first kappa shape index (κ1) is 12.1. The van der Waals surface area contributed by atoms with Crippen molar-refractivity contribution in [1.82, 2.24) is 5.32 Å².